The zero-order valence-corrected chi connectivity index (χ0v) is 12.3. The van der Waals surface area contributed by atoms with Gasteiger partial charge in [-0.2, -0.15) is 0 Å². The van der Waals surface area contributed by atoms with Crippen LogP contribution in [0.25, 0.3) is 0 Å². The highest BCUT2D eigenvalue weighted by Gasteiger charge is 2.23. The van der Waals surface area contributed by atoms with E-state index in [1.807, 2.05) is 24.3 Å². The maximum atomic E-state index is 11.4. The van der Waals surface area contributed by atoms with Crippen molar-refractivity contribution in [2.75, 3.05) is 13.1 Å². The van der Waals surface area contributed by atoms with Gasteiger partial charge in [-0.15, -0.1) is 0 Å². The second-order valence-corrected chi connectivity index (χ2v) is 5.43. The minimum atomic E-state index is -0.194. The first kappa shape index (κ1) is 15.5. The smallest absolute Gasteiger partial charge is 0.238 e. The lowest BCUT2D eigenvalue weighted by atomic mass is 10.0. The molecule has 21 heavy (non-hydrogen) atoms. The first-order chi connectivity index (χ1) is 10.1. The number of nitrogens with one attached hydrogen (secondary N) is 2. The van der Waals surface area contributed by atoms with E-state index in [1.165, 1.54) is 0 Å². The van der Waals surface area contributed by atoms with Crippen molar-refractivity contribution < 1.29 is 9.59 Å². The Morgan fingerprint density at radius 2 is 2.05 bits per heavy atom. The summed E-state index contributed by atoms with van der Waals surface area (Å²) in [5.41, 5.74) is 4.28. The molecule has 1 atom stereocenters. The maximum Gasteiger partial charge on any atom is 0.238 e. The summed E-state index contributed by atoms with van der Waals surface area (Å²) >= 11 is 0. The van der Waals surface area contributed by atoms with Gasteiger partial charge in [0.25, 0.3) is 0 Å². The van der Waals surface area contributed by atoms with Crippen LogP contribution in [0, 0.1) is 0 Å². The highest BCUT2D eigenvalue weighted by Crippen LogP contribution is 2.17. The van der Waals surface area contributed by atoms with Gasteiger partial charge in [-0.1, -0.05) is 24.3 Å². The lowest BCUT2D eigenvalue weighted by Crippen LogP contribution is -2.35. The fraction of sp³-hybridized carbons (Fsp3) is 0.467. The Bertz CT molecular complexity index is 518. The molecule has 0 aromatic heterocycles. The van der Waals surface area contributed by atoms with Gasteiger partial charge in [0.15, 0.2) is 0 Å². The number of likely N-dealkylation sites (tertiary alicyclic amines) is 1. The minimum absolute atomic E-state index is 0.0156. The van der Waals surface area contributed by atoms with E-state index in [4.69, 9.17) is 5.84 Å². The molecule has 0 saturated carbocycles. The van der Waals surface area contributed by atoms with E-state index in [9.17, 15) is 9.59 Å². The zero-order valence-electron chi connectivity index (χ0n) is 12.3. The molecule has 1 unspecified atom stereocenters. The topological polar surface area (TPSA) is 87.5 Å². The quantitative estimate of drug-likeness (QED) is 0.402. The third kappa shape index (κ3) is 4.54. The summed E-state index contributed by atoms with van der Waals surface area (Å²) in [6.45, 7) is 4.12. The van der Waals surface area contributed by atoms with Crippen LogP contribution < -0.4 is 16.6 Å². The normalized spacial score (nSPS) is 18.5. The molecular formula is C15H22N4O2. The summed E-state index contributed by atoms with van der Waals surface area (Å²) in [5, 5.41) is 2.95. The Hall–Kier alpha value is -1.92. The molecule has 0 aliphatic carbocycles. The number of nitrogens with zero attached hydrogens (tertiary/aromatic N) is 1. The van der Waals surface area contributed by atoms with Gasteiger partial charge in [-0.05, 0) is 17.5 Å². The molecule has 1 aromatic carbocycles. The molecule has 4 N–H and O–H groups in total. The van der Waals surface area contributed by atoms with E-state index in [1.54, 1.807) is 6.92 Å². The number of nitrogens with two attached hydrogens (primary N) is 1. The summed E-state index contributed by atoms with van der Waals surface area (Å²) in [7, 11) is 0. The molecule has 0 bridgehead atoms. The predicted octanol–water partition coefficient (Wildman–Crippen LogP) is -0.0706. The van der Waals surface area contributed by atoms with Crippen molar-refractivity contribution in [3.05, 3.63) is 35.4 Å². The van der Waals surface area contributed by atoms with Crippen LogP contribution >= 0.6 is 0 Å². The third-order valence-corrected chi connectivity index (χ3v) is 3.70. The van der Waals surface area contributed by atoms with Crippen molar-refractivity contribution in [2.24, 2.45) is 5.84 Å². The van der Waals surface area contributed by atoms with Gasteiger partial charge in [0, 0.05) is 32.6 Å². The van der Waals surface area contributed by atoms with Gasteiger partial charge in [-0.3, -0.25) is 19.9 Å². The molecule has 1 aliphatic rings. The van der Waals surface area contributed by atoms with Gasteiger partial charge in [-0.25, -0.2) is 5.84 Å². The summed E-state index contributed by atoms with van der Waals surface area (Å²) in [6, 6.07) is 8.10. The molecule has 114 valence electrons. The Morgan fingerprint density at radius 3 is 2.71 bits per heavy atom. The fourth-order valence-corrected chi connectivity index (χ4v) is 2.73. The van der Waals surface area contributed by atoms with E-state index < -0.39 is 0 Å². The summed E-state index contributed by atoms with van der Waals surface area (Å²) < 4.78 is 0. The highest BCUT2D eigenvalue weighted by molar-refractivity contribution is 5.78. The summed E-state index contributed by atoms with van der Waals surface area (Å²) in [4.78, 5) is 24.8. The first-order valence-electron chi connectivity index (χ1n) is 7.14. The van der Waals surface area contributed by atoms with Crippen LogP contribution in [-0.2, 0) is 22.6 Å². The molecule has 6 heteroatoms. The lowest BCUT2D eigenvalue weighted by molar-refractivity contribution is -0.121. The highest BCUT2D eigenvalue weighted by atomic mass is 16.2. The molecule has 1 heterocycles. The molecule has 0 spiro atoms. The second kappa shape index (κ2) is 7.19. The standard InChI is InChI=1S/C15H22N4O2/c1-11(20)17-14-6-7-19(10-14)9-13-5-3-2-4-12(13)8-15(21)18-16/h2-5,14H,6-10,16H2,1H3,(H,17,20)(H,18,21). The van der Waals surface area contributed by atoms with E-state index in [-0.39, 0.29) is 24.3 Å². The molecule has 1 aliphatic heterocycles. The molecule has 0 radical (unpaired) electrons. The molecule has 1 saturated heterocycles. The van der Waals surface area contributed by atoms with Crippen molar-refractivity contribution in [3.63, 3.8) is 0 Å². The van der Waals surface area contributed by atoms with Crippen LogP contribution in [0.4, 0.5) is 0 Å². The predicted molar refractivity (Wildman–Crippen MR) is 80.0 cm³/mol. The number of hydrazine groups is 1. The number of benzene rings is 1. The number of hydrogen-bond donors (Lipinski definition) is 3. The Morgan fingerprint density at radius 1 is 1.33 bits per heavy atom. The van der Waals surface area contributed by atoms with Crippen LogP contribution in [0.3, 0.4) is 0 Å². The van der Waals surface area contributed by atoms with Gasteiger partial charge in [0.05, 0.1) is 6.42 Å². The van der Waals surface area contributed by atoms with Gasteiger partial charge in [0.2, 0.25) is 11.8 Å². The molecule has 1 fully saturated rings. The van der Waals surface area contributed by atoms with Crippen molar-refractivity contribution in [1.82, 2.24) is 15.6 Å². The van der Waals surface area contributed by atoms with Gasteiger partial charge >= 0.3 is 0 Å². The Balaban J connectivity index is 1.97. The SMILES string of the molecule is CC(=O)NC1CCN(Cc2ccccc2CC(=O)NN)C1. The monoisotopic (exact) mass is 290 g/mol. The number of amides is 2. The summed E-state index contributed by atoms with van der Waals surface area (Å²) in [5.74, 6) is 4.97. The lowest BCUT2D eigenvalue weighted by Gasteiger charge is -2.18. The van der Waals surface area contributed by atoms with E-state index in [0.717, 1.165) is 37.2 Å². The minimum Gasteiger partial charge on any atom is -0.352 e. The van der Waals surface area contributed by atoms with Crippen molar-refractivity contribution >= 4 is 11.8 Å². The largest absolute Gasteiger partial charge is 0.352 e. The fourth-order valence-electron chi connectivity index (χ4n) is 2.73. The van der Waals surface area contributed by atoms with Crippen molar-refractivity contribution in [3.8, 4) is 0 Å². The van der Waals surface area contributed by atoms with Crippen LogP contribution in [-0.4, -0.2) is 35.8 Å². The number of carbonyl (C=O) groups is 2. The van der Waals surface area contributed by atoms with Crippen molar-refractivity contribution in [2.45, 2.75) is 32.4 Å². The van der Waals surface area contributed by atoms with E-state index in [0.29, 0.717) is 0 Å². The van der Waals surface area contributed by atoms with Crippen LogP contribution in [0.15, 0.2) is 24.3 Å². The molecule has 2 amide bonds. The maximum absolute atomic E-state index is 11.4. The second-order valence-electron chi connectivity index (χ2n) is 5.43. The van der Waals surface area contributed by atoms with Gasteiger partial charge < -0.3 is 5.32 Å². The summed E-state index contributed by atoms with van der Waals surface area (Å²) in [6.07, 6.45) is 1.25. The van der Waals surface area contributed by atoms with E-state index >= 15 is 0 Å². The molecule has 2 rings (SSSR count). The number of hydrogen-bond acceptors (Lipinski definition) is 4. The van der Waals surface area contributed by atoms with Crippen LogP contribution in [0.1, 0.15) is 24.5 Å². The first-order valence-corrected chi connectivity index (χ1v) is 7.14. The van der Waals surface area contributed by atoms with E-state index in [2.05, 4.69) is 15.6 Å². The zero-order chi connectivity index (χ0) is 15.2. The van der Waals surface area contributed by atoms with Crippen molar-refractivity contribution in [1.29, 1.82) is 0 Å². The molecular weight excluding hydrogens is 268 g/mol. The Labute approximate surface area is 124 Å². The van der Waals surface area contributed by atoms with Crippen LogP contribution in [0.5, 0.6) is 0 Å². The number of rotatable bonds is 5. The average molecular weight is 290 g/mol. The Kier molecular flexibility index (Phi) is 5.30. The molecule has 6 nitrogen and oxygen atoms in total. The number of carbonyl (C=O) groups excluding carboxylic acids is 2. The molecule has 1 aromatic rings. The third-order valence-electron chi connectivity index (χ3n) is 3.70. The van der Waals surface area contributed by atoms with Crippen LogP contribution in [0.2, 0.25) is 0 Å². The van der Waals surface area contributed by atoms with Gasteiger partial charge in [0.1, 0.15) is 0 Å². The average Bonchev–Trinajstić information content (AvgIpc) is 2.87.